The van der Waals surface area contributed by atoms with Gasteiger partial charge in [-0.15, -0.1) is 11.6 Å². The van der Waals surface area contributed by atoms with Crippen LogP contribution in [0.4, 0.5) is 0 Å². The summed E-state index contributed by atoms with van der Waals surface area (Å²) >= 11 is 6.50. The first-order valence-electron chi connectivity index (χ1n) is 5.02. The molecule has 0 spiro atoms. The van der Waals surface area contributed by atoms with E-state index in [-0.39, 0.29) is 5.38 Å². The summed E-state index contributed by atoms with van der Waals surface area (Å²) in [5.74, 6) is 2.15. The van der Waals surface area contributed by atoms with Crippen LogP contribution in [-0.4, -0.2) is 0 Å². The van der Waals surface area contributed by atoms with Gasteiger partial charge in [0.2, 0.25) is 0 Å². The zero-order valence-corrected chi connectivity index (χ0v) is 9.80. The van der Waals surface area contributed by atoms with E-state index in [0.29, 0.717) is 0 Å². The van der Waals surface area contributed by atoms with Gasteiger partial charge in [0.1, 0.15) is 0 Å². The normalized spacial score (nSPS) is 18.6. The fraction of sp³-hybridized carbons (Fsp3) is 0.154. The molecule has 2 aromatic rings. The lowest BCUT2D eigenvalue weighted by Gasteiger charge is -2.23. The smallest absolute Gasteiger partial charge is 0.0883 e. The van der Waals surface area contributed by atoms with Gasteiger partial charge in [-0.25, -0.2) is 0 Å². The fourth-order valence-electron chi connectivity index (χ4n) is 2.12. The van der Waals surface area contributed by atoms with Gasteiger partial charge in [0.25, 0.3) is 0 Å². The maximum atomic E-state index is 6.50. The summed E-state index contributed by atoms with van der Waals surface area (Å²) < 4.78 is 0. The predicted octanol–water partition coefficient (Wildman–Crippen LogP) is 4.50. The summed E-state index contributed by atoms with van der Waals surface area (Å²) in [5, 5.41) is 1.42. The number of halogens is 1. The molecule has 3 rings (SSSR count). The molecule has 0 radical (unpaired) electrons. The minimum absolute atomic E-state index is 0.0628. The molecule has 0 fully saturated rings. The van der Waals surface area contributed by atoms with Gasteiger partial charge in [0.15, 0.2) is 0 Å². The van der Waals surface area contributed by atoms with E-state index in [1.54, 1.807) is 0 Å². The van der Waals surface area contributed by atoms with Crippen LogP contribution >= 0.6 is 19.8 Å². The Morgan fingerprint density at radius 3 is 2.80 bits per heavy atom. The highest BCUT2D eigenvalue weighted by Gasteiger charge is 2.22. The first-order chi connectivity index (χ1) is 7.36. The van der Waals surface area contributed by atoms with Crippen molar-refractivity contribution in [1.29, 1.82) is 0 Å². The Morgan fingerprint density at radius 2 is 1.87 bits per heavy atom. The second-order valence-electron chi connectivity index (χ2n) is 3.79. The maximum Gasteiger partial charge on any atom is 0.0883 e. The summed E-state index contributed by atoms with van der Waals surface area (Å²) in [6, 6.07) is 12.8. The Bertz CT molecular complexity index is 462. The average molecular weight is 233 g/mol. The number of hydrogen-bond acceptors (Lipinski definition) is 0. The van der Waals surface area contributed by atoms with Crippen LogP contribution in [0.5, 0.6) is 0 Å². The van der Waals surface area contributed by atoms with Crippen molar-refractivity contribution in [2.24, 2.45) is 0 Å². The van der Waals surface area contributed by atoms with E-state index in [1.165, 1.54) is 30.2 Å². The van der Waals surface area contributed by atoms with Gasteiger partial charge in [0, 0.05) is 5.30 Å². The number of rotatable bonds is 0. The Balaban J connectivity index is 2.20. The van der Waals surface area contributed by atoms with Crippen molar-refractivity contribution < 1.29 is 0 Å². The van der Waals surface area contributed by atoms with Crippen molar-refractivity contribution in [1.82, 2.24) is 0 Å². The Hall–Kier alpha value is -0.840. The van der Waals surface area contributed by atoms with Gasteiger partial charge in [-0.2, -0.15) is 0 Å². The van der Waals surface area contributed by atoms with E-state index in [4.69, 9.17) is 11.6 Å². The predicted molar refractivity (Wildman–Crippen MR) is 65.9 cm³/mol. The third-order valence-corrected chi connectivity index (χ3v) is 4.63. The minimum atomic E-state index is 0.0628. The monoisotopic (exact) mass is 232 g/mol. The van der Waals surface area contributed by atoms with Crippen molar-refractivity contribution in [3.05, 3.63) is 64.2 Å². The van der Waals surface area contributed by atoms with Gasteiger partial charge >= 0.3 is 0 Å². The molecule has 1 unspecified atom stereocenters. The second-order valence-corrected chi connectivity index (χ2v) is 5.26. The second kappa shape index (κ2) is 3.63. The molecule has 0 saturated carbocycles. The fourth-order valence-corrected chi connectivity index (χ4v) is 3.57. The molecule has 0 N–H and O–H groups in total. The molecule has 0 nitrogen and oxygen atoms in total. The van der Waals surface area contributed by atoms with Gasteiger partial charge in [0.05, 0.1) is 5.38 Å². The Labute approximate surface area is 96.0 Å². The average Bonchev–Trinajstić information content (AvgIpc) is 2.30. The van der Waals surface area contributed by atoms with E-state index >= 15 is 0 Å². The molecule has 1 atom stereocenters. The van der Waals surface area contributed by atoms with Crippen molar-refractivity contribution in [3.8, 4) is 0 Å². The molecule has 0 amide bonds. The SMILES string of the molecule is ClC1c2ccccc2Cc2cccpc21. The minimum Gasteiger partial charge on any atom is -0.112 e. The van der Waals surface area contributed by atoms with E-state index in [0.717, 1.165) is 6.42 Å². The van der Waals surface area contributed by atoms with Crippen molar-refractivity contribution in [3.63, 3.8) is 0 Å². The van der Waals surface area contributed by atoms with Gasteiger partial charge in [-0.3, -0.25) is 0 Å². The Morgan fingerprint density at radius 1 is 1.07 bits per heavy atom. The third kappa shape index (κ3) is 1.49. The highest BCUT2D eigenvalue weighted by atomic mass is 35.5. The van der Waals surface area contributed by atoms with Crippen LogP contribution in [0.25, 0.3) is 0 Å². The summed E-state index contributed by atoms with van der Waals surface area (Å²) in [7, 11) is 1.26. The third-order valence-electron chi connectivity index (χ3n) is 2.88. The summed E-state index contributed by atoms with van der Waals surface area (Å²) in [4.78, 5) is 0. The van der Waals surface area contributed by atoms with Crippen molar-refractivity contribution in [2.75, 3.05) is 0 Å². The van der Waals surface area contributed by atoms with Crippen LogP contribution in [0, 0.1) is 0 Å². The molecule has 1 aromatic carbocycles. The van der Waals surface area contributed by atoms with Crippen molar-refractivity contribution in [2.45, 2.75) is 11.8 Å². The van der Waals surface area contributed by atoms with E-state index in [2.05, 4.69) is 42.2 Å². The molecular formula is C13H10ClP. The molecule has 1 heterocycles. The number of fused-ring (bicyclic) bond motifs is 2. The lowest BCUT2D eigenvalue weighted by Crippen LogP contribution is -2.07. The molecule has 2 heteroatoms. The molecular weight excluding hydrogens is 223 g/mol. The van der Waals surface area contributed by atoms with Gasteiger partial charge in [-0.05, 0) is 28.9 Å². The van der Waals surface area contributed by atoms with Crippen LogP contribution in [-0.2, 0) is 6.42 Å². The molecule has 0 aliphatic heterocycles. The topological polar surface area (TPSA) is 0 Å². The standard InChI is InChI=1S/C13H10ClP/c14-12-11-6-2-1-4-9(11)8-10-5-3-7-15-13(10)12/h1-7,12H,8H2. The zero-order chi connectivity index (χ0) is 10.3. The van der Waals surface area contributed by atoms with Crippen molar-refractivity contribution >= 4 is 19.8 Å². The first kappa shape index (κ1) is 9.39. The number of benzene rings is 1. The number of hydrogen-bond donors (Lipinski definition) is 0. The highest BCUT2D eigenvalue weighted by molar-refractivity contribution is 7.30. The lowest BCUT2D eigenvalue weighted by atomic mass is 9.91. The van der Waals surface area contributed by atoms with Gasteiger partial charge in [-0.1, -0.05) is 44.6 Å². The van der Waals surface area contributed by atoms with Gasteiger partial charge < -0.3 is 0 Å². The molecule has 1 aliphatic rings. The number of alkyl halides is 1. The lowest BCUT2D eigenvalue weighted by molar-refractivity contribution is 1.00. The molecule has 1 aromatic heterocycles. The molecule has 74 valence electrons. The molecule has 1 aliphatic carbocycles. The first-order valence-corrected chi connectivity index (χ1v) is 6.42. The highest BCUT2D eigenvalue weighted by Crippen LogP contribution is 2.42. The largest absolute Gasteiger partial charge is 0.112 e. The van der Waals surface area contributed by atoms with Crippen LogP contribution in [0.3, 0.4) is 0 Å². The summed E-state index contributed by atoms with van der Waals surface area (Å²) in [6.45, 7) is 0. The van der Waals surface area contributed by atoms with Crippen LogP contribution in [0.1, 0.15) is 27.4 Å². The Kier molecular flexibility index (Phi) is 2.27. The molecule has 15 heavy (non-hydrogen) atoms. The van der Waals surface area contributed by atoms with Crippen LogP contribution in [0.15, 0.2) is 42.2 Å². The molecule has 0 saturated heterocycles. The van der Waals surface area contributed by atoms with E-state index in [1.807, 2.05) is 0 Å². The summed E-state index contributed by atoms with van der Waals surface area (Å²) in [5.41, 5.74) is 4.06. The molecule has 0 bridgehead atoms. The van der Waals surface area contributed by atoms with Crippen LogP contribution in [0.2, 0.25) is 0 Å². The maximum absolute atomic E-state index is 6.50. The summed E-state index contributed by atoms with van der Waals surface area (Å²) in [6.07, 6.45) is 1.03. The zero-order valence-electron chi connectivity index (χ0n) is 8.15. The van der Waals surface area contributed by atoms with E-state index < -0.39 is 0 Å². The quantitative estimate of drug-likeness (QED) is 0.587. The van der Waals surface area contributed by atoms with Crippen LogP contribution < -0.4 is 0 Å². The van der Waals surface area contributed by atoms with E-state index in [9.17, 15) is 0 Å².